The quantitative estimate of drug-likeness (QED) is 0.909. The van der Waals surface area contributed by atoms with Gasteiger partial charge in [0.05, 0.1) is 18.3 Å². The van der Waals surface area contributed by atoms with Gasteiger partial charge in [0.25, 0.3) is 0 Å². The van der Waals surface area contributed by atoms with Crippen molar-refractivity contribution in [2.45, 2.75) is 60.1 Å². The zero-order valence-corrected chi connectivity index (χ0v) is 13.8. The predicted octanol–water partition coefficient (Wildman–Crippen LogP) is 3.73. The third kappa shape index (κ3) is 3.18. The molecule has 2 rings (SSSR count). The number of aliphatic hydroxyl groups excluding tert-OH is 1. The zero-order chi connectivity index (χ0) is 15.6. The number of aromatic nitrogens is 2. The molecule has 2 aromatic rings. The smallest absolute Gasteiger partial charge is 0.0798 e. The highest BCUT2D eigenvalue weighted by Gasteiger charge is 2.19. The molecule has 1 unspecified atom stereocenters. The van der Waals surface area contributed by atoms with Crippen molar-refractivity contribution in [1.29, 1.82) is 0 Å². The molecule has 1 aromatic carbocycles. The fourth-order valence-electron chi connectivity index (χ4n) is 2.94. The maximum absolute atomic E-state index is 10.1. The molecule has 114 valence electrons. The minimum Gasteiger partial charge on any atom is -0.389 e. The summed E-state index contributed by atoms with van der Waals surface area (Å²) >= 11 is 0. The van der Waals surface area contributed by atoms with Gasteiger partial charge in [0, 0.05) is 11.3 Å². The standard InChI is InChI=1S/C18H26N2O/c1-6-16-18(14(5)21)17(7-2)20(19-16)11-15-10-12(3)8-9-13(15)4/h8-10,14,21H,6-7,11H2,1-5H3. The Morgan fingerprint density at radius 2 is 1.90 bits per heavy atom. The molecule has 1 N–H and O–H groups in total. The van der Waals surface area contributed by atoms with Crippen molar-refractivity contribution in [2.24, 2.45) is 0 Å². The average Bonchev–Trinajstić information content (AvgIpc) is 2.80. The van der Waals surface area contributed by atoms with Crippen LogP contribution in [0.15, 0.2) is 18.2 Å². The van der Waals surface area contributed by atoms with Gasteiger partial charge in [-0.1, -0.05) is 37.6 Å². The number of benzene rings is 1. The lowest BCUT2D eigenvalue weighted by Crippen LogP contribution is -2.08. The highest BCUT2D eigenvalue weighted by Crippen LogP contribution is 2.24. The van der Waals surface area contributed by atoms with E-state index in [0.29, 0.717) is 0 Å². The highest BCUT2D eigenvalue weighted by molar-refractivity contribution is 5.33. The number of rotatable bonds is 5. The van der Waals surface area contributed by atoms with E-state index in [1.165, 1.54) is 16.7 Å². The Morgan fingerprint density at radius 1 is 1.19 bits per heavy atom. The Labute approximate surface area is 127 Å². The van der Waals surface area contributed by atoms with Gasteiger partial charge in [-0.3, -0.25) is 4.68 Å². The van der Waals surface area contributed by atoms with Gasteiger partial charge in [-0.05, 0) is 44.7 Å². The lowest BCUT2D eigenvalue weighted by Gasteiger charge is -2.12. The van der Waals surface area contributed by atoms with E-state index in [1.54, 1.807) is 0 Å². The Balaban J connectivity index is 2.46. The van der Waals surface area contributed by atoms with Crippen LogP contribution in [0.5, 0.6) is 0 Å². The van der Waals surface area contributed by atoms with Crippen LogP contribution in [0.4, 0.5) is 0 Å². The van der Waals surface area contributed by atoms with Gasteiger partial charge in [0.1, 0.15) is 0 Å². The number of hydrogen-bond acceptors (Lipinski definition) is 2. The van der Waals surface area contributed by atoms with Gasteiger partial charge in [0.15, 0.2) is 0 Å². The summed E-state index contributed by atoms with van der Waals surface area (Å²) in [5.74, 6) is 0. The summed E-state index contributed by atoms with van der Waals surface area (Å²) in [6.07, 6.45) is 1.28. The Hall–Kier alpha value is -1.61. The molecule has 0 saturated heterocycles. The van der Waals surface area contributed by atoms with E-state index in [9.17, 15) is 5.11 Å². The van der Waals surface area contributed by atoms with Crippen LogP contribution in [0.1, 0.15) is 60.5 Å². The lowest BCUT2D eigenvalue weighted by atomic mass is 10.0. The molecule has 0 fully saturated rings. The second kappa shape index (κ2) is 6.44. The molecule has 21 heavy (non-hydrogen) atoms. The van der Waals surface area contributed by atoms with Crippen molar-refractivity contribution in [3.05, 3.63) is 51.8 Å². The third-order valence-corrected chi connectivity index (χ3v) is 4.09. The van der Waals surface area contributed by atoms with Gasteiger partial charge in [-0.15, -0.1) is 0 Å². The maximum Gasteiger partial charge on any atom is 0.0798 e. The Morgan fingerprint density at radius 3 is 2.48 bits per heavy atom. The lowest BCUT2D eigenvalue weighted by molar-refractivity contribution is 0.197. The summed E-state index contributed by atoms with van der Waals surface area (Å²) in [6.45, 7) is 11.1. The summed E-state index contributed by atoms with van der Waals surface area (Å²) in [5, 5.41) is 14.8. The van der Waals surface area contributed by atoms with Crippen molar-refractivity contribution >= 4 is 0 Å². The fourth-order valence-corrected chi connectivity index (χ4v) is 2.94. The molecule has 0 aliphatic heterocycles. The predicted molar refractivity (Wildman–Crippen MR) is 86.6 cm³/mol. The molecule has 3 nitrogen and oxygen atoms in total. The Kier molecular flexibility index (Phi) is 4.84. The van der Waals surface area contributed by atoms with Gasteiger partial charge in [-0.2, -0.15) is 5.10 Å². The monoisotopic (exact) mass is 286 g/mol. The van der Waals surface area contributed by atoms with Crippen LogP contribution < -0.4 is 0 Å². The topological polar surface area (TPSA) is 38.0 Å². The van der Waals surface area contributed by atoms with Crippen LogP contribution in [-0.2, 0) is 19.4 Å². The average molecular weight is 286 g/mol. The van der Waals surface area contributed by atoms with Crippen LogP contribution in [0, 0.1) is 13.8 Å². The highest BCUT2D eigenvalue weighted by atomic mass is 16.3. The Bertz CT molecular complexity index is 626. The third-order valence-electron chi connectivity index (χ3n) is 4.09. The fraction of sp³-hybridized carbons (Fsp3) is 0.500. The first kappa shape index (κ1) is 15.8. The molecule has 0 aliphatic carbocycles. The number of aliphatic hydroxyl groups is 1. The van der Waals surface area contributed by atoms with Gasteiger partial charge < -0.3 is 5.11 Å². The van der Waals surface area contributed by atoms with Crippen molar-refractivity contribution < 1.29 is 5.11 Å². The summed E-state index contributed by atoms with van der Waals surface area (Å²) in [4.78, 5) is 0. The molecule has 0 spiro atoms. The van der Waals surface area contributed by atoms with Crippen molar-refractivity contribution in [2.75, 3.05) is 0 Å². The minimum absolute atomic E-state index is 0.456. The molecule has 1 aromatic heterocycles. The molecule has 1 heterocycles. The van der Waals surface area contributed by atoms with E-state index in [2.05, 4.69) is 50.6 Å². The molecule has 0 saturated carbocycles. The second-order valence-corrected chi connectivity index (χ2v) is 5.78. The van der Waals surface area contributed by atoms with Crippen LogP contribution in [0.3, 0.4) is 0 Å². The molecule has 0 radical (unpaired) electrons. The molecule has 1 atom stereocenters. The molecule has 3 heteroatoms. The van der Waals surface area contributed by atoms with Crippen LogP contribution in [0.2, 0.25) is 0 Å². The van der Waals surface area contributed by atoms with Crippen LogP contribution in [0.25, 0.3) is 0 Å². The number of nitrogens with zero attached hydrogens (tertiary/aromatic N) is 2. The molecule has 0 amide bonds. The number of hydrogen-bond donors (Lipinski definition) is 1. The van der Waals surface area contributed by atoms with E-state index < -0.39 is 6.10 Å². The molecular formula is C18H26N2O. The SMILES string of the molecule is CCc1nn(Cc2cc(C)ccc2C)c(CC)c1C(C)O. The maximum atomic E-state index is 10.1. The van der Waals surface area contributed by atoms with Crippen molar-refractivity contribution in [3.8, 4) is 0 Å². The van der Waals surface area contributed by atoms with E-state index in [-0.39, 0.29) is 0 Å². The molecule has 0 bridgehead atoms. The van der Waals surface area contributed by atoms with Gasteiger partial charge >= 0.3 is 0 Å². The summed E-state index contributed by atoms with van der Waals surface area (Å²) in [5.41, 5.74) is 7.05. The van der Waals surface area contributed by atoms with Crippen molar-refractivity contribution in [1.82, 2.24) is 9.78 Å². The summed E-state index contributed by atoms with van der Waals surface area (Å²) in [6, 6.07) is 6.53. The summed E-state index contributed by atoms with van der Waals surface area (Å²) in [7, 11) is 0. The van der Waals surface area contributed by atoms with E-state index >= 15 is 0 Å². The minimum atomic E-state index is -0.456. The van der Waals surface area contributed by atoms with Crippen LogP contribution in [-0.4, -0.2) is 14.9 Å². The number of aryl methyl sites for hydroxylation is 3. The first-order chi connectivity index (χ1) is 9.97. The second-order valence-electron chi connectivity index (χ2n) is 5.78. The zero-order valence-electron chi connectivity index (χ0n) is 13.8. The van der Waals surface area contributed by atoms with Crippen molar-refractivity contribution in [3.63, 3.8) is 0 Å². The van der Waals surface area contributed by atoms with Gasteiger partial charge in [0.2, 0.25) is 0 Å². The first-order valence-corrected chi connectivity index (χ1v) is 7.80. The largest absolute Gasteiger partial charge is 0.389 e. The van der Waals surface area contributed by atoms with E-state index in [1.807, 2.05) is 6.92 Å². The van der Waals surface area contributed by atoms with E-state index in [0.717, 1.165) is 36.3 Å². The normalized spacial score (nSPS) is 12.7. The molecule has 0 aliphatic rings. The molecular weight excluding hydrogens is 260 g/mol. The summed E-state index contributed by atoms with van der Waals surface area (Å²) < 4.78 is 2.07. The van der Waals surface area contributed by atoms with Crippen LogP contribution >= 0.6 is 0 Å². The van der Waals surface area contributed by atoms with Gasteiger partial charge in [-0.25, -0.2) is 0 Å². The first-order valence-electron chi connectivity index (χ1n) is 7.80. The van der Waals surface area contributed by atoms with E-state index in [4.69, 9.17) is 5.10 Å².